The number of hydrogen-bond donors (Lipinski definition) is 18. The lowest BCUT2D eigenvalue weighted by molar-refractivity contribution is -0.354. The molecule has 0 aromatic rings. The molecule has 0 radical (unpaired) electrons. The molecule has 4 aliphatic rings. The van der Waals surface area contributed by atoms with Gasteiger partial charge in [-0.3, -0.25) is 19.2 Å². The van der Waals surface area contributed by atoms with Gasteiger partial charge >= 0.3 is 0 Å². The third-order valence-corrected chi connectivity index (χ3v) is 11.6. The van der Waals surface area contributed by atoms with Gasteiger partial charge in [0.05, 0.1) is 45.7 Å². The highest BCUT2D eigenvalue weighted by Crippen LogP contribution is 2.33. The average molecular weight is 995 g/mol. The lowest BCUT2D eigenvalue weighted by Gasteiger charge is -2.48. The van der Waals surface area contributed by atoms with E-state index in [1.54, 1.807) is 0 Å². The van der Waals surface area contributed by atoms with Gasteiger partial charge in [0, 0.05) is 27.7 Å². The van der Waals surface area contributed by atoms with Gasteiger partial charge in [-0.2, -0.15) is 0 Å². The second-order valence-corrected chi connectivity index (χ2v) is 16.7. The maximum Gasteiger partial charge on any atom is 0.217 e. The van der Waals surface area contributed by atoms with Gasteiger partial charge in [0.2, 0.25) is 23.6 Å². The molecule has 0 spiro atoms. The number of ether oxygens (including phenoxy) is 8. The largest absolute Gasteiger partial charge is 0.394 e. The standard InChI is InChI=1S/C38H66N4O26/c1-11(48)39-15(5-43)32(66-37-23(42-14(4)51)29(58)34(20(9-47)65-37)68-38-31(60)30(59)26(55)18(7-45)63-38)24(53)16(52)10-61-35-22(41-13(3)50)28(57)33(19(8-46)64-35)67-36-21(40-12(2)49)27(56)25(54)17(6-44)62-36/h15-38,43-47,52-60H,5-10H2,1-4H3,(H,39,48)(H,40,49)(H,41,50)(H,42,51)/t15-,16+,17+,18+,19+,20+,21+,22+,23+,24-,25-,26-,27+,28+,29+,30-,31+,32+,33+,34+,35+,36-,37-,38-/m0/s1. The van der Waals surface area contributed by atoms with E-state index in [2.05, 4.69) is 21.3 Å². The SMILES string of the molecule is CC(=O)N[C@H]1[C@H](O[C@@H]([C@@H](O)[C@H](O)CO[C@@H]2O[C@H](CO)[C@@H](O[C@@H]3O[C@H](CO)[C@H](O)[C@H](O)[C@H]3NC(C)=O)[C@H](O)[C@H]2NC(C)=O)[C@H](CO)NC(C)=O)O[C@H](CO)[C@@H](O[C@@H]2O[C@H](CO)[C@H](O)[C@H](O)[C@H]2O)[C@@H]1O. The van der Waals surface area contributed by atoms with E-state index in [1.165, 1.54) is 0 Å². The highest BCUT2D eigenvalue weighted by atomic mass is 16.8. The zero-order chi connectivity index (χ0) is 50.9. The number of aliphatic hydroxyl groups excluding tert-OH is 14. The summed E-state index contributed by atoms with van der Waals surface area (Å²) in [7, 11) is 0. The molecule has 4 rings (SSSR count). The van der Waals surface area contributed by atoms with Crippen LogP contribution in [0, 0.1) is 0 Å². The summed E-state index contributed by atoms with van der Waals surface area (Å²) in [5.74, 6) is -3.11. The zero-order valence-electron chi connectivity index (χ0n) is 37.3. The molecule has 0 saturated carbocycles. The minimum Gasteiger partial charge on any atom is -0.394 e. The quantitative estimate of drug-likeness (QED) is 0.0508. The van der Waals surface area contributed by atoms with Crippen molar-refractivity contribution in [1.82, 2.24) is 21.3 Å². The van der Waals surface area contributed by atoms with Gasteiger partial charge in [0.25, 0.3) is 0 Å². The summed E-state index contributed by atoms with van der Waals surface area (Å²) in [6.45, 7) is -1.46. The maximum atomic E-state index is 12.4. The highest BCUT2D eigenvalue weighted by Gasteiger charge is 2.55. The number of amides is 4. The van der Waals surface area contributed by atoms with E-state index in [0.717, 1.165) is 27.7 Å². The fraction of sp³-hybridized carbons (Fsp3) is 0.895. The lowest BCUT2D eigenvalue weighted by Crippen LogP contribution is -2.69. The topological polar surface area (TPSA) is 473 Å². The summed E-state index contributed by atoms with van der Waals surface area (Å²) in [6, 6.07) is -6.50. The van der Waals surface area contributed by atoms with Crippen LogP contribution in [0.5, 0.6) is 0 Å². The minimum absolute atomic E-state index is 0.709. The average Bonchev–Trinajstić information content (AvgIpc) is 3.28. The van der Waals surface area contributed by atoms with Crippen LogP contribution in [0.4, 0.5) is 0 Å². The van der Waals surface area contributed by atoms with E-state index in [0.29, 0.717) is 0 Å². The Balaban J connectivity index is 1.58. The minimum atomic E-state index is -2.25. The van der Waals surface area contributed by atoms with E-state index in [9.17, 15) is 90.7 Å². The molecular weight excluding hydrogens is 928 g/mol. The Labute approximate surface area is 387 Å². The molecule has 4 heterocycles. The molecule has 0 bridgehead atoms. The molecule has 394 valence electrons. The lowest BCUT2D eigenvalue weighted by atomic mass is 9.94. The number of carbonyl (C=O) groups excluding carboxylic acids is 4. The summed E-state index contributed by atoms with van der Waals surface area (Å²) in [5, 5.41) is 158. The fourth-order valence-corrected chi connectivity index (χ4v) is 8.15. The van der Waals surface area contributed by atoms with Crippen molar-refractivity contribution < 1.29 is 129 Å². The Morgan fingerprint density at radius 3 is 1.37 bits per heavy atom. The van der Waals surface area contributed by atoms with E-state index in [4.69, 9.17) is 37.9 Å². The van der Waals surface area contributed by atoms with Gasteiger partial charge in [-0.05, 0) is 0 Å². The van der Waals surface area contributed by atoms with E-state index in [1.807, 2.05) is 0 Å². The van der Waals surface area contributed by atoms with Crippen LogP contribution in [0.2, 0.25) is 0 Å². The molecule has 4 amide bonds. The molecule has 30 nitrogen and oxygen atoms in total. The first-order valence-corrected chi connectivity index (χ1v) is 21.5. The van der Waals surface area contributed by atoms with Crippen molar-refractivity contribution >= 4 is 23.6 Å². The van der Waals surface area contributed by atoms with Gasteiger partial charge < -0.3 is 131 Å². The van der Waals surface area contributed by atoms with Crippen LogP contribution in [0.25, 0.3) is 0 Å². The van der Waals surface area contributed by atoms with Crippen molar-refractivity contribution in [3.8, 4) is 0 Å². The van der Waals surface area contributed by atoms with Crippen LogP contribution in [-0.2, 0) is 57.1 Å². The fourth-order valence-electron chi connectivity index (χ4n) is 8.15. The molecular formula is C38H66N4O26. The Bertz CT molecular complexity index is 1620. The number of aliphatic hydroxyl groups is 14. The predicted octanol–water partition coefficient (Wildman–Crippen LogP) is -11.7. The maximum absolute atomic E-state index is 12.4. The van der Waals surface area contributed by atoms with E-state index in [-0.39, 0.29) is 0 Å². The highest BCUT2D eigenvalue weighted by molar-refractivity contribution is 5.74. The Kier molecular flexibility index (Phi) is 21.9. The van der Waals surface area contributed by atoms with Crippen LogP contribution < -0.4 is 21.3 Å². The first-order chi connectivity index (χ1) is 32.0. The van der Waals surface area contributed by atoms with Crippen LogP contribution in [0.3, 0.4) is 0 Å². The Morgan fingerprint density at radius 2 is 0.912 bits per heavy atom. The number of nitrogens with one attached hydrogen (secondary N) is 4. The Morgan fingerprint density at radius 1 is 0.500 bits per heavy atom. The van der Waals surface area contributed by atoms with Crippen molar-refractivity contribution in [3.63, 3.8) is 0 Å². The molecule has 30 heteroatoms. The molecule has 0 aromatic carbocycles. The van der Waals surface area contributed by atoms with Gasteiger partial charge in [0.15, 0.2) is 25.2 Å². The number of carbonyl (C=O) groups is 4. The smallest absolute Gasteiger partial charge is 0.217 e. The normalized spacial score (nSPS) is 40.6. The monoisotopic (exact) mass is 994 g/mol. The van der Waals surface area contributed by atoms with Crippen molar-refractivity contribution in [2.24, 2.45) is 0 Å². The molecule has 4 aliphatic heterocycles. The van der Waals surface area contributed by atoms with Gasteiger partial charge in [-0.15, -0.1) is 0 Å². The number of rotatable bonds is 21. The van der Waals surface area contributed by atoms with Gasteiger partial charge in [-0.25, -0.2) is 0 Å². The molecule has 0 unspecified atom stereocenters. The van der Waals surface area contributed by atoms with Gasteiger partial charge in [-0.1, -0.05) is 0 Å². The van der Waals surface area contributed by atoms with E-state index < -0.39 is 210 Å². The second-order valence-electron chi connectivity index (χ2n) is 16.7. The molecule has 0 aliphatic carbocycles. The van der Waals surface area contributed by atoms with Crippen molar-refractivity contribution in [1.29, 1.82) is 0 Å². The summed E-state index contributed by atoms with van der Waals surface area (Å²) in [6.07, 6.45) is -36.3. The molecule has 18 N–H and O–H groups in total. The summed E-state index contributed by atoms with van der Waals surface area (Å²) in [5.41, 5.74) is 0. The number of hydrogen-bond acceptors (Lipinski definition) is 26. The van der Waals surface area contributed by atoms with Crippen molar-refractivity contribution in [3.05, 3.63) is 0 Å². The van der Waals surface area contributed by atoms with Crippen LogP contribution >= 0.6 is 0 Å². The van der Waals surface area contributed by atoms with Gasteiger partial charge in [0.1, 0.15) is 116 Å². The third kappa shape index (κ3) is 13.9. The van der Waals surface area contributed by atoms with Crippen molar-refractivity contribution in [2.45, 2.75) is 175 Å². The summed E-state index contributed by atoms with van der Waals surface area (Å²) >= 11 is 0. The first-order valence-electron chi connectivity index (χ1n) is 21.5. The van der Waals surface area contributed by atoms with Crippen LogP contribution in [0.1, 0.15) is 27.7 Å². The molecule has 4 fully saturated rings. The van der Waals surface area contributed by atoms with Crippen LogP contribution in [-0.4, -0.2) is 282 Å². The zero-order valence-corrected chi connectivity index (χ0v) is 37.3. The first kappa shape index (κ1) is 57.6. The van der Waals surface area contributed by atoms with Crippen molar-refractivity contribution in [2.75, 3.05) is 39.6 Å². The van der Waals surface area contributed by atoms with Crippen LogP contribution in [0.15, 0.2) is 0 Å². The third-order valence-electron chi connectivity index (χ3n) is 11.6. The second kappa shape index (κ2) is 25.9. The molecule has 4 saturated heterocycles. The summed E-state index contributed by atoms with van der Waals surface area (Å²) in [4.78, 5) is 49.1. The molecule has 24 atom stereocenters. The molecule has 68 heavy (non-hydrogen) atoms. The Hall–Kier alpha value is -3.00. The predicted molar refractivity (Wildman–Crippen MR) is 215 cm³/mol. The van der Waals surface area contributed by atoms with E-state index >= 15 is 0 Å². The molecule has 0 aromatic heterocycles. The summed E-state index contributed by atoms with van der Waals surface area (Å²) < 4.78 is 45.8.